The van der Waals surface area contributed by atoms with Crippen LogP contribution in [0.25, 0.3) is 0 Å². The summed E-state index contributed by atoms with van der Waals surface area (Å²) >= 11 is 0. The Morgan fingerprint density at radius 3 is 2.64 bits per heavy atom. The number of nitrogens with one attached hydrogen (secondary N) is 1. The van der Waals surface area contributed by atoms with Gasteiger partial charge in [-0.05, 0) is 49.2 Å². The molecule has 0 aromatic heterocycles. The third-order valence-corrected chi connectivity index (χ3v) is 6.11. The molecule has 8 heteroatoms. The molecule has 1 aliphatic heterocycles. The summed E-state index contributed by atoms with van der Waals surface area (Å²) < 4.78 is 32.1. The van der Waals surface area contributed by atoms with Gasteiger partial charge in [0.15, 0.2) is 5.57 Å². The number of nitriles is 1. The molecule has 0 unspecified atom stereocenters. The fourth-order valence-electron chi connectivity index (χ4n) is 2.91. The van der Waals surface area contributed by atoms with E-state index in [1.54, 1.807) is 31.2 Å². The van der Waals surface area contributed by atoms with E-state index < -0.39 is 16.0 Å². The molecule has 0 fully saturated rings. The standard InChI is InChI=1S/C20H19N3O4S/c1-2-27-20(24)16(13-21)14-22-17-7-9-18(10-8-17)28(25,26)23-12-11-15-5-3-4-6-19(15)23/h3-10,14,22H,2,11-12H2,1H3/b16-14-. The zero-order chi connectivity index (χ0) is 20.1. The van der Waals surface area contributed by atoms with Gasteiger partial charge in [0.1, 0.15) is 6.07 Å². The predicted molar refractivity (Wildman–Crippen MR) is 105 cm³/mol. The SMILES string of the molecule is CCOC(=O)/C(C#N)=C\Nc1ccc(S(=O)(=O)N2CCc3ccccc32)cc1. The summed E-state index contributed by atoms with van der Waals surface area (Å²) in [6.07, 6.45) is 1.92. The number of benzene rings is 2. The molecule has 0 radical (unpaired) electrons. The van der Waals surface area contributed by atoms with Crippen molar-refractivity contribution in [2.24, 2.45) is 0 Å². The Morgan fingerprint density at radius 1 is 1.25 bits per heavy atom. The molecule has 2 aromatic carbocycles. The van der Waals surface area contributed by atoms with E-state index >= 15 is 0 Å². The second-order valence-corrected chi connectivity index (χ2v) is 7.88. The van der Waals surface area contributed by atoms with Crippen LogP contribution in [0.5, 0.6) is 0 Å². The van der Waals surface area contributed by atoms with Gasteiger partial charge in [-0.1, -0.05) is 18.2 Å². The van der Waals surface area contributed by atoms with Crippen LogP contribution in [0.1, 0.15) is 12.5 Å². The number of esters is 1. The van der Waals surface area contributed by atoms with Gasteiger partial charge >= 0.3 is 5.97 Å². The van der Waals surface area contributed by atoms with Crippen LogP contribution in [0.15, 0.2) is 65.2 Å². The van der Waals surface area contributed by atoms with Crippen molar-refractivity contribution in [1.29, 1.82) is 5.26 Å². The zero-order valence-electron chi connectivity index (χ0n) is 15.3. The number of nitrogens with zero attached hydrogens (tertiary/aromatic N) is 2. The highest BCUT2D eigenvalue weighted by atomic mass is 32.2. The second kappa shape index (κ2) is 8.15. The van der Waals surface area contributed by atoms with Gasteiger partial charge in [0.25, 0.3) is 10.0 Å². The summed E-state index contributed by atoms with van der Waals surface area (Å²) in [6.45, 7) is 2.23. The van der Waals surface area contributed by atoms with Gasteiger partial charge in [0.05, 0.1) is 17.2 Å². The van der Waals surface area contributed by atoms with Gasteiger partial charge in [-0.15, -0.1) is 0 Å². The molecule has 0 atom stereocenters. The third kappa shape index (κ3) is 3.85. The number of carbonyl (C=O) groups is 1. The third-order valence-electron chi connectivity index (χ3n) is 4.29. The first-order valence-corrected chi connectivity index (χ1v) is 10.2. The van der Waals surface area contributed by atoms with Crippen molar-refractivity contribution in [2.45, 2.75) is 18.2 Å². The highest BCUT2D eigenvalue weighted by molar-refractivity contribution is 7.92. The van der Waals surface area contributed by atoms with Crippen molar-refractivity contribution < 1.29 is 17.9 Å². The summed E-state index contributed by atoms with van der Waals surface area (Å²) in [5.74, 6) is -0.718. The number of rotatable bonds is 6. The minimum Gasteiger partial charge on any atom is -0.462 e. The van der Waals surface area contributed by atoms with E-state index in [-0.39, 0.29) is 17.1 Å². The Kier molecular flexibility index (Phi) is 5.66. The van der Waals surface area contributed by atoms with Crippen molar-refractivity contribution in [1.82, 2.24) is 0 Å². The number of hydrogen-bond donors (Lipinski definition) is 1. The zero-order valence-corrected chi connectivity index (χ0v) is 16.1. The van der Waals surface area contributed by atoms with Crippen molar-refractivity contribution in [3.8, 4) is 6.07 Å². The molecule has 1 N–H and O–H groups in total. The van der Waals surface area contributed by atoms with E-state index in [1.807, 2.05) is 18.2 Å². The lowest BCUT2D eigenvalue weighted by molar-refractivity contribution is -0.138. The van der Waals surface area contributed by atoms with Crippen LogP contribution >= 0.6 is 0 Å². The largest absolute Gasteiger partial charge is 0.462 e. The van der Waals surface area contributed by atoms with E-state index in [4.69, 9.17) is 10.00 Å². The molecule has 0 amide bonds. The summed E-state index contributed by atoms with van der Waals surface area (Å²) in [7, 11) is -3.66. The number of ether oxygens (including phenoxy) is 1. The topological polar surface area (TPSA) is 99.5 Å². The van der Waals surface area contributed by atoms with Crippen LogP contribution in [0.3, 0.4) is 0 Å². The van der Waals surface area contributed by atoms with E-state index in [2.05, 4.69) is 5.32 Å². The number of hydrogen-bond acceptors (Lipinski definition) is 6. The maximum Gasteiger partial charge on any atom is 0.350 e. The van der Waals surface area contributed by atoms with Crippen LogP contribution in [0.4, 0.5) is 11.4 Å². The normalized spacial score (nSPS) is 13.6. The van der Waals surface area contributed by atoms with Gasteiger partial charge in [-0.3, -0.25) is 4.31 Å². The van der Waals surface area contributed by atoms with E-state index in [9.17, 15) is 13.2 Å². The van der Waals surface area contributed by atoms with Gasteiger partial charge in [0.2, 0.25) is 0 Å². The molecule has 2 aromatic rings. The average Bonchev–Trinajstić information content (AvgIpc) is 3.14. The predicted octanol–water partition coefficient (Wildman–Crippen LogP) is 2.82. The summed E-state index contributed by atoms with van der Waals surface area (Å²) in [5, 5.41) is 11.8. The van der Waals surface area contributed by atoms with Gasteiger partial charge < -0.3 is 10.1 Å². The Morgan fingerprint density at radius 2 is 1.96 bits per heavy atom. The Bertz CT molecular complexity index is 1050. The van der Waals surface area contributed by atoms with E-state index in [0.717, 1.165) is 5.56 Å². The van der Waals surface area contributed by atoms with Crippen LogP contribution in [-0.2, 0) is 26.0 Å². The molecule has 0 saturated carbocycles. The molecule has 1 aliphatic rings. The molecule has 0 bridgehead atoms. The lowest BCUT2D eigenvalue weighted by Gasteiger charge is -2.19. The first-order valence-electron chi connectivity index (χ1n) is 8.72. The molecule has 3 rings (SSSR count). The molecule has 0 aliphatic carbocycles. The quantitative estimate of drug-likeness (QED) is 0.457. The number of para-hydroxylation sites is 1. The molecule has 0 saturated heterocycles. The van der Waals surface area contributed by atoms with Gasteiger partial charge in [0, 0.05) is 18.4 Å². The van der Waals surface area contributed by atoms with Gasteiger partial charge in [-0.2, -0.15) is 5.26 Å². The molecule has 144 valence electrons. The average molecular weight is 397 g/mol. The first-order chi connectivity index (χ1) is 13.5. The molecule has 0 spiro atoms. The van der Waals surface area contributed by atoms with Crippen LogP contribution < -0.4 is 9.62 Å². The van der Waals surface area contributed by atoms with Crippen molar-refractivity contribution in [3.63, 3.8) is 0 Å². The van der Waals surface area contributed by atoms with E-state index in [1.165, 1.54) is 22.6 Å². The molecule has 1 heterocycles. The fraction of sp³-hybridized carbons (Fsp3) is 0.200. The highest BCUT2D eigenvalue weighted by Gasteiger charge is 2.30. The summed E-state index contributed by atoms with van der Waals surface area (Å²) in [5.41, 5.74) is 2.09. The smallest absolute Gasteiger partial charge is 0.350 e. The monoisotopic (exact) mass is 397 g/mol. The molecular weight excluding hydrogens is 378 g/mol. The maximum absolute atomic E-state index is 13.0. The number of sulfonamides is 1. The fourth-order valence-corrected chi connectivity index (χ4v) is 4.41. The maximum atomic E-state index is 13.0. The van der Waals surface area contributed by atoms with Crippen LogP contribution in [-0.4, -0.2) is 27.5 Å². The van der Waals surface area contributed by atoms with Crippen molar-refractivity contribution >= 4 is 27.4 Å². The Labute approximate surface area is 163 Å². The van der Waals surface area contributed by atoms with Crippen molar-refractivity contribution in [2.75, 3.05) is 22.8 Å². The van der Waals surface area contributed by atoms with Gasteiger partial charge in [-0.25, -0.2) is 13.2 Å². The first kappa shape index (κ1) is 19.5. The van der Waals surface area contributed by atoms with E-state index in [0.29, 0.717) is 24.3 Å². The minimum atomic E-state index is -3.66. The summed E-state index contributed by atoms with van der Waals surface area (Å²) in [6, 6.07) is 15.3. The number of anilines is 2. The Balaban J connectivity index is 1.78. The number of carbonyl (C=O) groups excluding carboxylic acids is 1. The Hall–Kier alpha value is -3.31. The minimum absolute atomic E-state index is 0.171. The summed E-state index contributed by atoms with van der Waals surface area (Å²) in [4.78, 5) is 11.8. The lowest BCUT2D eigenvalue weighted by Crippen LogP contribution is -2.29. The molecule has 7 nitrogen and oxygen atoms in total. The lowest BCUT2D eigenvalue weighted by atomic mass is 10.2. The van der Waals surface area contributed by atoms with Crippen molar-refractivity contribution in [3.05, 3.63) is 65.9 Å². The molecular formula is C20H19N3O4S. The highest BCUT2D eigenvalue weighted by Crippen LogP contribution is 2.32. The number of fused-ring (bicyclic) bond motifs is 1. The van der Waals surface area contributed by atoms with Crippen LogP contribution in [0.2, 0.25) is 0 Å². The molecule has 28 heavy (non-hydrogen) atoms. The second-order valence-electron chi connectivity index (χ2n) is 6.01. The van der Waals surface area contributed by atoms with Crippen LogP contribution in [0, 0.1) is 11.3 Å².